The highest BCUT2D eigenvalue weighted by Crippen LogP contribution is 2.46. The van der Waals surface area contributed by atoms with E-state index in [0.29, 0.717) is 28.5 Å². The van der Waals surface area contributed by atoms with Crippen LogP contribution in [0.4, 0.5) is 5.69 Å². The van der Waals surface area contributed by atoms with Crippen LogP contribution in [0, 0.1) is 11.3 Å². The summed E-state index contributed by atoms with van der Waals surface area (Å²) in [5, 5.41) is 19.2. The number of aromatic nitrogens is 1. The molecule has 0 saturated heterocycles. The van der Waals surface area contributed by atoms with E-state index in [1.54, 1.807) is 11.3 Å². The van der Waals surface area contributed by atoms with Crippen LogP contribution in [0.5, 0.6) is 0 Å². The molecule has 1 atom stereocenters. The first kappa shape index (κ1) is 20.5. The summed E-state index contributed by atoms with van der Waals surface area (Å²) in [7, 11) is 0. The normalized spacial score (nSPS) is 12.4. The van der Waals surface area contributed by atoms with Gasteiger partial charge >= 0.3 is 0 Å². The summed E-state index contributed by atoms with van der Waals surface area (Å²) in [6.07, 6.45) is 0.913. The number of nitrogens with zero attached hydrogens (tertiary/aromatic N) is 4. The lowest BCUT2D eigenvalue weighted by molar-refractivity contribution is 0.595. The van der Waals surface area contributed by atoms with Gasteiger partial charge in [-0.2, -0.15) is 5.26 Å². The summed E-state index contributed by atoms with van der Waals surface area (Å²) in [5.41, 5.74) is 3.31. The number of nitriles is 1. The summed E-state index contributed by atoms with van der Waals surface area (Å²) >= 11 is 1.65. The number of fused-ring (bicyclic) bond motifs is 1. The Morgan fingerprint density at radius 3 is 2.73 bits per heavy atom. The number of hydrogen-bond donors (Lipinski definition) is 1. The van der Waals surface area contributed by atoms with Crippen LogP contribution in [0.2, 0.25) is 0 Å². The molecule has 3 aromatic heterocycles. The number of rotatable bonds is 7. The van der Waals surface area contributed by atoms with Gasteiger partial charge in [-0.1, -0.05) is 53.0 Å². The van der Waals surface area contributed by atoms with E-state index < -0.39 is 11.2 Å². The van der Waals surface area contributed by atoms with Crippen molar-refractivity contribution in [2.45, 2.75) is 17.1 Å². The fraction of sp³-hybridized carbons (Fsp3) is 0.143. The minimum atomic E-state index is -1.32. The number of pyridine rings is 1. The average Bonchev–Trinajstić information content (AvgIpc) is 3.43. The average molecular weight is 452 g/mol. The van der Waals surface area contributed by atoms with Crippen LogP contribution in [-0.4, -0.2) is 15.3 Å². The van der Waals surface area contributed by atoms with E-state index in [1.165, 1.54) is 11.3 Å². The predicted molar refractivity (Wildman–Crippen MR) is 123 cm³/mol. The lowest BCUT2D eigenvalue weighted by Gasteiger charge is -2.08. The van der Waals surface area contributed by atoms with Crippen LogP contribution in [0.15, 0.2) is 68.5 Å². The fourth-order valence-corrected chi connectivity index (χ4v) is 6.50. The van der Waals surface area contributed by atoms with Gasteiger partial charge in [0.25, 0.3) is 0 Å². The molecule has 0 fully saturated rings. The van der Waals surface area contributed by atoms with Crippen molar-refractivity contribution < 1.29 is 4.55 Å². The van der Waals surface area contributed by atoms with E-state index >= 15 is 0 Å². The Kier molecular flexibility index (Phi) is 6.40. The van der Waals surface area contributed by atoms with E-state index in [9.17, 15) is 4.55 Å². The monoisotopic (exact) mass is 451 g/mol. The molecule has 6 nitrogen and oxygen atoms in total. The number of benzene rings is 1. The summed E-state index contributed by atoms with van der Waals surface area (Å²) in [4.78, 5) is 6.64. The Hall–Kier alpha value is -2.77. The molecule has 4 rings (SSSR count). The van der Waals surface area contributed by atoms with Crippen LogP contribution in [0.25, 0.3) is 31.9 Å². The second-order valence-electron chi connectivity index (χ2n) is 6.34. The molecule has 0 saturated carbocycles. The van der Waals surface area contributed by atoms with E-state index in [1.807, 2.05) is 53.9 Å². The van der Waals surface area contributed by atoms with Gasteiger partial charge in [0.2, 0.25) is 4.21 Å². The minimum Gasteiger partial charge on any atom is -0.611 e. The van der Waals surface area contributed by atoms with Crippen molar-refractivity contribution in [1.29, 1.82) is 5.26 Å². The largest absolute Gasteiger partial charge is 0.611 e. The predicted octanol–water partition coefficient (Wildman–Crippen LogP) is 6.06. The molecule has 150 valence electrons. The van der Waals surface area contributed by atoms with Crippen LogP contribution in [-0.2, 0) is 11.2 Å². The van der Waals surface area contributed by atoms with E-state index in [-0.39, 0.29) is 0 Å². The summed E-state index contributed by atoms with van der Waals surface area (Å²) in [6, 6.07) is 18.1. The summed E-state index contributed by atoms with van der Waals surface area (Å²) in [5.74, 6) is 5.78. The molecule has 2 N–H and O–H groups in total. The lowest BCUT2D eigenvalue weighted by Crippen LogP contribution is -2.05. The van der Waals surface area contributed by atoms with E-state index in [4.69, 9.17) is 16.1 Å². The lowest BCUT2D eigenvalue weighted by atomic mass is 10.0. The van der Waals surface area contributed by atoms with Crippen molar-refractivity contribution in [3.63, 3.8) is 0 Å². The first-order valence-electron chi connectivity index (χ1n) is 9.16. The second-order valence-corrected chi connectivity index (χ2v) is 10.1. The minimum absolute atomic E-state index is 0.362. The zero-order valence-electron chi connectivity index (χ0n) is 15.8. The van der Waals surface area contributed by atoms with Gasteiger partial charge in [-0.25, -0.2) is 4.98 Å². The standard InChI is InChI=1S/C21H17N5OS3/c22-10-4-5-12-30(27)21-19(25-26-23)18-15(14-7-2-1-3-8-14)13-16(24-20(18)29-21)17-9-6-11-28-17/h1-3,6-9,11,13H,4-5,12H2,(H2,23,25). The highest BCUT2D eigenvalue weighted by atomic mass is 32.2. The van der Waals surface area contributed by atoms with Crippen LogP contribution in [0.3, 0.4) is 0 Å². The summed E-state index contributed by atoms with van der Waals surface area (Å²) < 4.78 is 13.6. The van der Waals surface area contributed by atoms with Gasteiger partial charge in [0.1, 0.15) is 10.6 Å². The van der Waals surface area contributed by atoms with Crippen molar-refractivity contribution >= 4 is 49.8 Å². The molecule has 0 bridgehead atoms. The Labute approximate surface area is 184 Å². The SMILES string of the molecule is N#CCCC[S+]([O-])c1sc2nc(-c3cccs3)cc(-c3ccccc3)c2c1N=NN. The smallest absolute Gasteiger partial charge is 0.237 e. The quantitative estimate of drug-likeness (QED) is 0.121. The summed E-state index contributed by atoms with van der Waals surface area (Å²) in [6.45, 7) is 0. The Morgan fingerprint density at radius 2 is 2.03 bits per heavy atom. The molecular formula is C21H17N5OS3. The maximum Gasteiger partial charge on any atom is 0.237 e. The number of unbranched alkanes of at least 4 members (excludes halogenated alkanes) is 1. The molecular weight excluding hydrogens is 434 g/mol. The third-order valence-corrected chi connectivity index (χ3v) is 8.28. The first-order valence-corrected chi connectivity index (χ1v) is 12.2. The molecule has 1 aromatic carbocycles. The third-order valence-electron chi connectivity index (χ3n) is 4.45. The molecule has 1 unspecified atom stereocenters. The van der Waals surface area contributed by atoms with Gasteiger partial charge in [0, 0.05) is 12.8 Å². The molecule has 9 heteroatoms. The number of nitrogens with two attached hydrogens (primary N) is 1. The maximum atomic E-state index is 13.0. The third kappa shape index (κ3) is 4.08. The molecule has 4 aromatic rings. The Bertz CT molecular complexity index is 1210. The zero-order valence-corrected chi connectivity index (χ0v) is 18.3. The Balaban J connectivity index is 1.95. The van der Waals surface area contributed by atoms with Gasteiger partial charge in [-0.05, 0) is 39.8 Å². The number of hydrogen-bond acceptors (Lipinski definition) is 7. The van der Waals surface area contributed by atoms with Crippen molar-refractivity contribution in [3.8, 4) is 27.8 Å². The van der Waals surface area contributed by atoms with Crippen LogP contribution < -0.4 is 5.84 Å². The van der Waals surface area contributed by atoms with Crippen LogP contribution in [0.1, 0.15) is 12.8 Å². The van der Waals surface area contributed by atoms with E-state index in [0.717, 1.165) is 31.9 Å². The highest BCUT2D eigenvalue weighted by Gasteiger charge is 2.27. The number of thiophene rings is 2. The molecule has 0 aliphatic rings. The zero-order chi connectivity index (χ0) is 20.9. The van der Waals surface area contributed by atoms with Gasteiger partial charge in [0.15, 0.2) is 5.69 Å². The van der Waals surface area contributed by atoms with Crippen molar-refractivity contribution in [1.82, 2.24) is 4.98 Å². The molecule has 0 amide bonds. The van der Waals surface area contributed by atoms with Crippen molar-refractivity contribution in [2.24, 2.45) is 16.2 Å². The fourth-order valence-electron chi connectivity index (χ4n) is 3.14. The van der Waals surface area contributed by atoms with Crippen LogP contribution >= 0.6 is 22.7 Å². The Morgan fingerprint density at radius 1 is 1.20 bits per heavy atom. The molecule has 0 radical (unpaired) electrons. The maximum absolute atomic E-state index is 13.0. The van der Waals surface area contributed by atoms with Crippen molar-refractivity contribution in [2.75, 3.05) is 5.75 Å². The molecule has 30 heavy (non-hydrogen) atoms. The van der Waals surface area contributed by atoms with Gasteiger partial charge < -0.3 is 10.4 Å². The topological polar surface area (TPSA) is 110 Å². The molecule has 0 aliphatic heterocycles. The highest BCUT2D eigenvalue weighted by molar-refractivity contribution is 7.93. The van der Waals surface area contributed by atoms with Gasteiger partial charge in [-0.3, -0.25) is 0 Å². The molecule has 0 aliphatic carbocycles. The molecule has 0 spiro atoms. The van der Waals surface area contributed by atoms with Gasteiger partial charge in [-0.15, -0.1) is 16.5 Å². The van der Waals surface area contributed by atoms with Crippen molar-refractivity contribution in [3.05, 3.63) is 53.9 Å². The molecule has 3 heterocycles. The van der Waals surface area contributed by atoms with Gasteiger partial charge in [0.05, 0.1) is 22.0 Å². The van der Waals surface area contributed by atoms with E-state index in [2.05, 4.69) is 16.4 Å². The first-order chi connectivity index (χ1) is 14.7. The second kappa shape index (κ2) is 9.36.